The van der Waals surface area contributed by atoms with E-state index >= 15 is 0 Å². The third-order valence-corrected chi connectivity index (χ3v) is 3.29. The summed E-state index contributed by atoms with van der Waals surface area (Å²) >= 11 is 5.80. The maximum absolute atomic E-state index is 12.1. The molecule has 0 bridgehead atoms. The van der Waals surface area contributed by atoms with Crippen molar-refractivity contribution >= 4 is 29.2 Å². The number of nitrogens with one attached hydrogen (secondary N) is 1. The minimum atomic E-state index is -0.415. The Morgan fingerprint density at radius 3 is 2.33 bits per heavy atom. The second-order valence-electron chi connectivity index (χ2n) is 4.99. The van der Waals surface area contributed by atoms with Crippen molar-refractivity contribution in [2.75, 3.05) is 18.5 Å². The Kier molecular flexibility index (Phi) is 6.63. The van der Waals surface area contributed by atoms with Crippen molar-refractivity contribution in [3.63, 3.8) is 0 Å². The third kappa shape index (κ3) is 5.59. The Hall–Kier alpha value is -2.53. The van der Waals surface area contributed by atoms with Gasteiger partial charge in [0.1, 0.15) is 5.75 Å². The lowest BCUT2D eigenvalue weighted by Gasteiger charge is -2.08. The number of amides is 1. The molecular formula is C18H18ClNO4. The number of esters is 1. The van der Waals surface area contributed by atoms with Gasteiger partial charge in [-0.3, -0.25) is 4.79 Å². The summed E-state index contributed by atoms with van der Waals surface area (Å²) in [5.74, 6) is -0.167. The van der Waals surface area contributed by atoms with Gasteiger partial charge in [0.05, 0.1) is 6.61 Å². The van der Waals surface area contributed by atoms with Crippen LogP contribution in [0.25, 0.3) is 0 Å². The molecule has 0 fully saturated rings. The van der Waals surface area contributed by atoms with Crippen LogP contribution in [-0.2, 0) is 9.53 Å². The maximum Gasteiger partial charge on any atom is 0.344 e. The van der Waals surface area contributed by atoms with Gasteiger partial charge in [0.2, 0.25) is 0 Å². The smallest absolute Gasteiger partial charge is 0.344 e. The van der Waals surface area contributed by atoms with Gasteiger partial charge < -0.3 is 14.8 Å². The topological polar surface area (TPSA) is 64.6 Å². The van der Waals surface area contributed by atoms with Crippen LogP contribution >= 0.6 is 11.6 Å². The fourth-order valence-corrected chi connectivity index (χ4v) is 1.96. The summed E-state index contributed by atoms with van der Waals surface area (Å²) < 4.78 is 10.2. The van der Waals surface area contributed by atoms with Crippen LogP contribution in [-0.4, -0.2) is 25.1 Å². The number of hydrogen-bond donors (Lipinski definition) is 1. The van der Waals surface area contributed by atoms with E-state index in [4.69, 9.17) is 21.1 Å². The summed E-state index contributed by atoms with van der Waals surface area (Å²) in [6, 6.07) is 13.3. The average molecular weight is 348 g/mol. The first kappa shape index (κ1) is 17.8. The van der Waals surface area contributed by atoms with E-state index in [1.54, 1.807) is 48.5 Å². The van der Waals surface area contributed by atoms with Crippen LogP contribution < -0.4 is 10.1 Å². The van der Waals surface area contributed by atoms with Crippen molar-refractivity contribution in [3.8, 4) is 5.75 Å². The molecule has 0 unspecified atom stereocenters. The molecule has 5 nitrogen and oxygen atoms in total. The molecule has 0 aromatic heterocycles. The van der Waals surface area contributed by atoms with Gasteiger partial charge in [0.25, 0.3) is 5.91 Å². The minimum Gasteiger partial charge on any atom is -0.482 e. The molecule has 0 aliphatic heterocycles. The largest absolute Gasteiger partial charge is 0.482 e. The number of halogens is 1. The van der Waals surface area contributed by atoms with E-state index < -0.39 is 5.97 Å². The maximum atomic E-state index is 12.1. The number of benzene rings is 2. The number of rotatable bonds is 7. The highest BCUT2D eigenvalue weighted by atomic mass is 35.5. The molecular weight excluding hydrogens is 330 g/mol. The lowest BCUT2D eigenvalue weighted by molar-refractivity contribution is -0.146. The van der Waals surface area contributed by atoms with Gasteiger partial charge in [-0.15, -0.1) is 0 Å². The van der Waals surface area contributed by atoms with Crippen LogP contribution in [0.15, 0.2) is 48.5 Å². The Balaban J connectivity index is 1.87. The van der Waals surface area contributed by atoms with Crippen LogP contribution in [0, 0.1) is 0 Å². The lowest BCUT2D eigenvalue weighted by Crippen LogP contribution is -2.15. The molecule has 1 N–H and O–H groups in total. The van der Waals surface area contributed by atoms with Crippen molar-refractivity contribution in [3.05, 3.63) is 59.1 Å². The molecule has 2 rings (SSSR count). The molecule has 6 heteroatoms. The lowest BCUT2D eigenvalue weighted by atomic mass is 10.2. The van der Waals surface area contributed by atoms with E-state index in [-0.39, 0.29) is 12.5 Å². The van der Waals surface area contributed by atoms with Gasteiger partial charge in [0.15, 0.2) is 6.61 Å². The van der Waals surface area contributed by atoms with Crippen molar-refractivity contribution in [2.24, 2.45) is 0 Å². The second kappa shape index (κ2) is 8.93. The Bertz CT molecular complexity index is 683. The Labute approximate surface area is 145 Å². The zero-order valence-electron chi connectivity index (χ0n) is 13.3. The van der Waals surface area contributed by atoms with Gasteiger partial charge >= 0.3 is 5.97 Å². The zero-order valence-corrected chi connectivity index (χ0v) is 14.0. The number of carbonyl (C=O) groups excluding carboxylic acids is 2. The van der Waals surface area contributed by atoms with Gasteiger partial charge in [-0.2, -0.15) is 0 Å². The molecule has 24 heavy (non-hydrogen) atoms. The third-order valence-electron chi connectivity index (χ3n) is 3.04. The molecule has 1 amide bonds. The van der Waals surface area contributed by atoms with Crippen molar-refractivity contribution in [1.82, 2.24) is 0 Å². The highest BCUT2D eigenvalue weighted by molar-refractivity contribution is 6.30. The van der Waals surface area contributed by atoms with Crippen LogP contribution in [0.2, 0.25) is 5.02 Å². The summed E-state index contributed by atoms with van der Waals surface area (Å²) in [6.45, 7) is 2.14. The minimum absolute atomic E-state index is 0.156. The summed E-state index contributed by atoms with van der Waals surface area (Å²) in [4.78, 5) is 23.5. The predicted octanol–water partition coefficient (Wildman–Crippen LogP) is 3.92. The second-order valence-corrected chi connectivity index (χ2v) is 5.43. The van der Waals surface area contributed by atoms with E-state index in [1.807, 2.05) is 6.92 Å². The molecule has 2 aromatic rings. The first-order chi connectivity index (χ1) is 11.6. The molecule has 0 saturated carbocycles. The van der Waals surface area contributed by atoms with Crippen molar-refractivity contribution in [1.29, 1.82) is 0 Å². The first-order valence-electron chi connectivity index (χ1n) is 7.54. The number of carbonyl (C=O) groups is 2. The van der Waals surface area contributed by atoms with Crippen LogP contribution in [0.5, 0.6) is 5.75 Å². The van der Waals surface area contributed by atoms with Crippen molar-refractivity contribution < 1.29 is 19.1 Å². The van der Waals surface area contributed by atoms with E-state index in [9.17, 15) is 9.59 Å². The van der Waals surface area contributed by atoms with E-state index in [1.165, 1.54) is 0 Å². The Morgan fingerprint density at radius 1 is 1.04 bits per heavy atom. The van der Waals surface area contributed by atoms with Gasteiger partial charge in [0, 0.05) is 16.3 Å². The first-order valence-corrected chi connectivity index (χ1v) is 7.91. The van der Waals surface area contributed by atoms with Crippen LogP contribution in [0.1, 0.15) is 23.7 Å². The Morgan fingerprint density at radius 2 is 1.71 bits per heavy atom. The normalized spacial score (nSPS) is 10.1. The summed E-state index contributed by atoms with van der Waals surface area (Å²) in [5, 5.41) is 3.37. The fraction of sp³-hybridized carbons (Fsp3) is 0.222. The highest BCUT2D eigenvalue weighted by Crippen LogP contribution is 2.16. The summed E-state index contributed by atoms with van der Waals surface area (Å²) in [5.41, 5.74) is 1.13. The molecule has 0 atom stereocenters. The summed E-state index contributed by atoms with van der Waals surface area (Å²) in [6.07, 6.45) is 0.767. The molecule has 0 aliphatic carbocycles. The standard InChI is InChI=1S/C18H18ClNO4/c1-2-11-23-17(21)12-24-16-9-3-13(4-10-16)18(22)20-15-7-5-14(19)6-8-15/h3-10H,2,11-12H2,1H3,(H,20,22). The average Bonchev–Trinajstić information content (AvgIpc) is 2.60. The van der Waals surface area contributed by atoms with Gasteiger partial charge in [-0.25, -0.2) is 4.79 Å². The van der Waals surface area contributed by atoms with E-state index in [0.717, 1.165) is 6.42 Å². The molecule has 0 aliphatic rings. The van der Waals surface area contributed by atoms with Crippen LogP contribution in [0.3, 0.4) is 0 Å². The summed E-state index contributed by atoms with van der Waals surface area (Å²) in [7, 11) is 0. The molecule has 0 spiro atoms. The zero-order chi connectivity index (χ0) is 17.4. The predicted molar refractivity (Wildman–Crippen MR) is 92.6 cm³/mol. The number of hydrogen-bond acceptors (Lipinski definition) is 4. The fourth-order valence-electron chi connectivity index (χ4n) is 1.84. The van der Waals surface area contributed by atoms with Crippen LogP contribution in [0.4, 0.5) is 5.69 Å². The van der Waals surface area contributed by atoms with Crippen molar-refractivity contribution in [2.45, 2.75) is 13.3 Å². The molecule has 0 saturated heterocycles. The highest BCUT2D eigenvalue weighted by Gasteiger charge is 2.08. The van der Waals surface area contributed by atoms with E-state index in [0.29, 0.717) is 28.6 Å². The van der Waals surface area contributed by atoms with Gasteiger partial charge in [-0.1, -0.05) is 18.5 Å². The molecule has 126 valence electrons. The SMILES string of the molecule is CCCOC(=O)COc1ccc(C(=O)Nc2ccc(Cl)cc2)cc1. The number of ether oxygens (including phenoxy) is 2. The van der Waals surface area contributed by atoms with E-state index in [2.05, 4.69) is 5.32 Å². The quantitative estimate of drug-likeness (QED) is 0.771. The molecule has 0 radical (unpaired) electrons. The molecule has 0 heterocycles. The number of anilines is 1. The van der Waals surface area contributed by atoms with Gasteiger partial charge in [-0.05, 0) is 55.0 Å². The molecule has 2 aromatic carbocycles. The monoisotopic (exact) mass is 347 g/mol.